The number of piperidine rings is 1. The van der Waals surface area contributed by atoms with Crippen molar-refractivity contribution in [2.45, 2.75) is 32.7 Å². The van der Waals surface area contributed by atoms with Crippen LogP contribution in [0.4, 0.5) is 0 Å². The summed E-state index contributed by atoms with van der Waals surface area (Å²) in [6.07, 6.45) is 2.44. The maximum Gasteiger partial charge on any atom is 0.303 e. The number of carboxylic acids is 1. The highest BCUT2D eigenvalue weighted by Crippen LogP contribution is 2.24. The lowest BCUT2D eigenvalue weighted by molar-refractivity contribution is -0.138. The van der Waals surface area contributed by atoms with Crippen LogP contribution in [-0.2, 0) is 11.3 Å². The molecule has 1 unspecified atom stereocenters. The molecule has 0 aliphatic carbocycles. The van der Waals surface area contributed by atoms with Gasteiger partial charge in [0.1, 0.15) is 0 Å². The highest BCUT2D eigenvalue weighted by Gasteiger charge is 2.22. The van der Waals surface area contributed by atoms with Crippen LogP contribution in [0.3, 0.4) is 0 Å². The maximum absolute atomic E-state index is 10.8. The maximum atomic E-state index is 10.8. The Labute approximate surface area is 122 Å². The zero-order valence-electron chi connectivity index (χ0n) is 11.2. The van der Waals surface area contributed by atoms with Crippen LogP contribution in [-0.4, -0.2) is 29.1 Å². The van der Waals surface area contributed by atoms with E-state index in [0.29, 0.717) is 12.3 Å². The Kier molecular flexibility index (Phi) is 4.99. The van der Waals surface area contributed by atoms with E-state index < -0.39 is 5.97 Å². The number of halogens is 1. The van der Waals surface area contributed by atoms with Gasteiger partial charge in [-0.05, 0) is 49.4 Å². The number of carboxylic acid groups (broad SMARTS) is 1. The van der Waals surface area contributed by atoms with Crippen molar-refractivity contribution in [1.29, 1.82) is 0 Å². The summed E-state index contributed by atoms with van der Waals surface area (Å²) in [6, 6.07) is 6.41. The fourth-order valence-electron chi connectivity index (χ4n) is 2.73. The minimum absolute atomic E-state index is 0.297. The minimum atomic E-state index is -0.677. The summed E-state index contributed by atoms with van der Waals surface area (Å²) in [5.41, 5.74) is 2.53. The topological polar surface area (TPSA) is 40.5 Å². The van der Waals surface area contributed by atoms with Crippen molar-refractivity contribution >= 4 is 21.9 Å². The van der Waals surface area contributed by atoms with Gasteiger partial charge in [-0.25, -0.2) is 0 Å². The van der Waals surface area contributed by atoms with E-state index in [9.17, 15) is 4.79 Å². The van der Waals surface area contributed by atoms with Crippen LogP contribution in [0, 0.1) is 12.8 Å². The summed E-state index contributed by atoms with van der Waals surface area (Å²) >= 11 is 3.61. The van der Waals surface area contributed by atoms with E-state index in [4.69, 9.17) is 5.11 Å². The van der Waals surface area contributed by atoms with Crippen LogP contribution in [0.2, 0.25) is 0 Å². The molecule has 1 fully saturated rings. The third-order valence-electron chi connectivity index (χ3n) is 3.67. The van der Waals surface area contributed by atoms with Gasteiger partial charge in [-0.15, -0.1) is 0 Å². The van der Waals surface area contributed by atoms with Gasteiger partial charge in [0.2, 0.25) is 0 Å². The van der Waals surface area contributed by atoms with Crippen LogP contribution in [0.1, 0.15) is 30.4 Å². The van der Waals surface area contributed by atoms with Gasteiger partial charge in [0.15, 0.2) is 0 Å². The van der Waals surface area contributed by atoms with Crippen molar-refractivity contribution in [3.63, 3.8) is 0 Å². The van der Waals surface area contributed by atoms with Crippen molar-refractivity contribution < 1.29 is 9.90 Å². The van der Waals surface area contributed by atoms with Gasteiger partial charge in [-0.1, -0.05) is 28.1 Å². The van der Waals surface area contributed by atoms with Crippen molar-refractivity contribution in [2.24, 2.45) is 5.92 Å². The summed E-state index contributed by atoms with van der Waals surface area (Å²) in [5, 5.41) is 8.89. The number of carbonyl (C=O) groups is 1. The largest absolute Gasteiger partial charge is 0.481 e. The van der Waals surface area contributed by atoms with E-state index in [2.05, 4.69) is 46.0 Å². The molecule has 0 bridgehead atoms. The van der Waals surface area contributed by atoms with Gasteiger partial charge in [-0.3, -0.25) is 9.69 Å². The SMILES string of the molecule is Cc1ccc(CN2CCCC(CC(=O)O)C2)c(Br)c1. The molecule has 2 rings (SSSR count). The van der Waals surface area contributed by atoms with Crippen LogP contribution in [0.25, 0.3) is 0 Å². The number of nitrogens with zero attached hydrogens (tertiary/aromatic N) is 1. The molecule has 19 heavy (non-hydrogen) atoms. The zero-order valence-corrected chi connectivity index (χ0v) is 12.8. The number of hydrogen-bond donors (Lipinski definition) is 1. The molecule has 0 radical (unpaired) electrons. The lowest BCUT2D eigenvalue weighted by Gasteiger charge is -2.32. The first-order valence-electron chi connectivity index (χ1n) is 6.74. The first-order valence-corrected chi connectivity index (χ1v) is 7.53. The molecule has 1 aromatic carbocycles. The normalized spacial score (nSPS) is 20.4. The van der Waals surface area contributed by atoms with Crippen LogP contribution in [0.15, 0.2) is 22.7 Å². The molecule has 4 heteroatoms. The second-order valence-corrected chi connectivity index (χ2v) is 6.29. The molecule has 3 nitrogen and oxygen atoms in total. The van der Waals surface area contributed by atoms with Gasteiger partial charge in [0.25, 0.3) is 0 Å². The fourth-order valence-corrected chi connectivity index (χ4v) is 3.35. The van der Waals surface area contributed by atoms with E-state index in [1.54, 1.807) is 0 Å². The molecule has 1 aliphatic heterocycles. The molecule has 1 heterocycles. The predicted molar refractivity (Wildman–Crippen MR) is 79.1 cm³/mol. The Hall–Kier alpha value is -0.870. The molecule has 1 aliphatic rings. The van der Waals surface area contributed by atoms with E-state index in [1.807, 2.05) is 0 Å². The van der Waals surface area contributed by atoms with E-state index in [1.165, 1.54) is 11.1 Å². The lowest BCUT2D eigenvalue weighted by atomic mass is 9.94. The van der Waals surface area contributed by atoms with Crippen molar-refractivity contribution in [2.75, 3.05) is 13.1 Å². The molecule has 1 atom stereocenters. The molecule has 104 valence electrons. The Bertz CT molecular complexity index is 461. The number of rotatable bonds is 4. The summed E-state index contributed by atoms with van der Waals surface area (Å²) in [4.78, 5) is 13.2. The summed E-state index contributed by atoms with van der Waals surface area (Å²) in [7, 11) is 0. The van der Waals surface area contributed by atoms with Crippen molar-refractivity contribution in [1.82, 2.24) is 4.90 Å². The zero-order chi connectivity index (χ0) is 13.8. The number of hydrogen-bond acceptors (Lipinski definition) is 2. The predicted octanol–water partition coefficient (Wildman–Crippen LogP) is 3.44. The average Bonchev–Trinajstić information content (AvgIpc) is 2.32. The number of benzene rings is 1. The molecule has 0 aromatic heterocycles. The highest BCUT2D eigenvalue weighted by atomic mass is 79.9. The van der Waals surface area contributed by atoms with E-state index >= 15 is 0 Å². The van der Waals surface area contributed by atoms with Gasteiger partial charge < -0.3 is 5.11 Å². The van der Waals surface area contributed by atoms with Crippen LogP contribution >= 0.6 is 15.9 Å². The van der Waals surface area contributed by atoms with Gasteiger partial charge in [-0.2, -0.15) is 0 Å². The van der Waals surface area contributed by atoms with Crippen molar-refractivity contribution in [3.8, 4) is 0 Å². The summed E-state index contributed by atoms with van der Waals surface area (Å²) in [5.74, 6) is -0.376. The van der Waals surface area contributed by atoms with Crippen LogP contribution in [0.5, 0.6) is 0 Å². The minimum Gasteiger partial charge on any atom is -0.481 e. The fraction of sp³-hybridized carbons (Fsp3) is 0.533. The third kappa shape index (κ3) is 4.32. The summed E-state index contributed by atoms with van der Waals surface area (Å²) in [6.45, 7) is 4.94. The molecule has 1 saturated heterocycles. The highest BCUT2D eigenvalue weighted by molar-refractivity contribution is 9.10. The first-order chi connectivity index (χ1) is 9.04. The van der Waals surface area contributed by atoms with Gasteiger partial charge in [0.05, 0.1) is 0 Å². The monoisotopic (exact) mass is 325 g/mol. The molecule has 1 aromatic rings. The smallest absolute Gasteiger partial charge is 0.303 e. The molecule has 0 amide bonds. The Morgan fingerprint density at radius 1 is 1.53 bits per heavy atom. The van der Waals surface area contributed by atoms with E-state index in [0.717, 1.165) is 36.9 Å². The molecule has 0 spiro atoms. The summed E-state index contributed by atoms with van der Waals surface area (Å²) < 4.78 is 1.15. The standard InChI is InChI=1S/C15H20BrNO2/c1-11-4-5-13(14(16)7-11)10-17-6-2-3-12(9-17)8-15(18)19/h4-5,7,12H,2-3,6,8-10H2,1H3,(H,18,19). The number of likely N-dealkylation sites (tertiary alicyclic amines) is 1. The quantitative estimate of drug-likeness (QED) is 0.921. The van der Waals surface area contributed by atoms with Crippen LogP contribution < -0.4 is 0 Å². The van der Waals surface area contributed by atoms with Gasteiger partial charge in [0, 0.05) is 24.0 Å². The molecule has 1 N–H and O–H groups in total. The number of aryl methyl sites for hydroxylation is 1. The average molecular weight is 326 g/mol. The second kappa shape index (κ2) is 6.53. The third-order valence-corrected chi connectivity index (χ3v) is 4.41. The molecular formula is C15H20BrNO2. The molecular weight excluding hydrogens is 306 g/mol. The van der Waals surface area contributed by atoms with E-state index in [-0.39, 0.29) is 0 Å². The van der Waals surface area contributed by atoms with Gasteiger partial charge >= 0.3 is 5.97 Å². The number of aliphatic carboxylic acids is 1. The molecule has 0 saturated carbocycles. The second-order valence-electron chi connectivity index (χ2n) is 5.44. The Balaban J connectivity index is 1.96. The van der Waals surface area contributed by atoms with Crippen molar-refractivity contribution in [3.05, 3.63) is 33.8 Å². The lowest BCUT2D eigenvalue weighted by Crippen LogP contribution is -2.35. The first kappa shape index (κ1) is 14.5. The Morgan fingerprint density at radius 3 is 3.00 bits per heavy atom. The Morgan fingerprint density at radius 2 is 2.32 bits per heavy atom.